The molecule has 0 amide bonds. The Balaban J connectivity index is 1.79. The fraction of sp³-hybridized carbons (Fsp3) is 0.0800. The molecule has 0 radical (unpaired) electrons. The van der Waals surface area contributed by atoms with Crippen molar-refractivity contribution in [3.63, 3.8) is 0 Å². The number of nitrogens with zero attached hydrogens (tertiary/aromatic N) is 3. The van der Waals surface area contributed by atoms with Crippen LogP contribution < -0.4 is 0 Å². The summed E-state index contributed by atoms with van der Waals surface area (Å²) in [5, 5.41) is 8.98. The molecule has 0 N–H and O–H groups in total. The van der Waals surface area contributed by atoms with Crippen LogP contribution in [0, 0.1) is 17.1 Å². The van der Waals surface area contributed by atoms with Crippen molar-refractivity contribution in [3.8, 4) is 6.07 Å². The van der Waals surface area contributed by atoms with E-state index in [4.69, 9.17) is 5.26 Å². The van der Waals surface area contributed by atoms with Crippen LogP contribution in [0.25, 0.3) is 12.2 Å². The van der Waals surface area contributed by atoms with E-state index >= 15 is 0 Å². The maximum Gasteiger partial charge on any atom is 0.243 e. The van der Waals surface area contributed by atoms with Crippen LogP contribution in [-0.2, 0) is 14.8 Å². The highest BCUT2D eigenvalue weighted by molar-refractivity contribution is 7.89. The second kappa shape index (κ2) is 9.28. The van der Waals surface area contributed by atoms with Gasteiger partial charge in [0.2, 0.25) is 10.0 Å². The molecule has 0 unspecified atom stereocenters. The Morgan fingerprint density at radius 1 is 0.939 bits per heavy atom. The number of rotatable bonds is 4. The van der Waals surface area contributed by atoms with Gasteiger partial charge in [0.15, 0.2) is 5.78 Å². The molecule has 2 heterocycles. The van der Waals surface area contributed by atoms with Crippen molar-refractivity contribution in [3.05, 3.63) is 107 Å². The second-order valence-corrected chi connectivity index (χ2v) is 9.32. The van der Waals surface area contributed by atoms with E-state index in [0.717, 1.165) is 0 Å². The lowest BCUT2D eigenvalue weighted by Gasteiger charge is -2.29. The first kappa shape index (κ1) is 22.3. The summed E-state index contributed by atoms with van der Waals surface area (Å²) in [6.45, 7) is -0.346. The monoisotopic (exact) mass is 459 g/mol. The summed E-state index contributed by atoms with van der Waals surface area (Å²) in [6, 6.07) is 16.9. The highest BCUT2D eigenvalue weighted by Gasteiger charge is 2.34. The topological polar surface area (TPSA) is 91.1 Å². The van der Waals surface area contributed by atoms with Crippen LogP contribution in [0.5, 0.6) is 0 Å². The summed E-state index contributed by atoms with van der Waals surface area (Å²) >= 11 is 0. The third-order valence-corrected chi connectivity index (χ3v) is 6.99. The lowest BCUT2D eigenvalue weighted by atomic mass is 9.95. The summed E-state index contributed by atoms with van der Waals surface area (Å²) in [6.07, 6.45) is 6.14. The normalized spacial score (nSPS) is 17.3. The first-order chi connectivity index (χ1) is 15.9. The second-order valence-electron chi connectivity index (χ2n) is 7.38. The number of pyridine rings is 1. The molecule has 0 atom stereocenters. The zero-order chi connectivity index (χ0) is 23.4. The Bertz CT molecular complexity index is 1410. The van der Waals surface area contributed by atoms with Crippen LogP contribution in [0.3, 0.4) is 0 Å². The van der Waals surface area contributed by atoms with E-state index in [-0.39, 0.29) is 40.5 Å². The molecule has 0 saturated carbocycles. The van der Waals surface area contributed by atoms with Crippen molar-refractivity contribution in [1.82, 2.24) is 9.29 Å². The predicted molar refractivity (Wildman–Crippen MR) is 122 cm³/mol. The molecule has 0 bridgehead atoms. The molecule has 8 heteroatoms. The fourth-order valence-corrected chi connectivity index (χ4v) is 4.87. The Morgan fingerprint density at radius 2 is 1.58 bits per heavy atom. The molecule has 4 rings (SSSR count). The minimum atomic E-state index is -3.99. The summed E-state index contributed by atoms with van der Waals surface area (Å²) in [5.74, 6) is -0.856. The Labute approximate surface area is 191 Å². The van der Waals surface area contributed by atoms with Gasteiger partial charge in [-0.2, -0.15) is 9.57 Å². The van der Waals surface area contributed by atoms with E-state index < -0.39 is 15.8 Å². The van der Waals surface area contributed by atoms with Crippen LogP contribution in [0.1, 0.15) is 16.7 Å². The van der Waals surface area contributed by atoms with Gasteiger partial charge >= 0.3 is 0 Å². The summed E-state index contributed by atoms with van der Waals surface area (Å²) in [4.78, 5) is 17.2. The largest absolute Gasteiger partial charge is 0.289 e. The molecule has 1 aliphatic heterocycles. The van der Waals surface area contributed by atoms with Gasteiger partial charge in [-0.05, 0) is 60.2 Å². The van der Waals surface area contributed by atoms with Crippen molar-refractivity contribution in [2.45, 2.75) is 4.90 Å². The van der Waals surface area contributed by atoms with E-state index in [2.05, 4.69) is 4.98 Å². The average molecular weight is 460 g/mol. The number of piperidine rings is 1. The molecule has 0 spiro atoms. The number of aromatic nitrogens is 1. The SMILES string of the molecule is N#Cc1ccc(S(=O)(=O)N2C/C(=C\c3ccncc3)C(=O)/C(=C/c3ccccc3F)C2)cc1. The van der Waals surface area contributed by atoms with Crippen molar-refractivity contribution in [2.75, 3.05) is 13.1 Å². The third-order valence-electron chi connectivity index (χ3n) is 5.18. The highest BCUT2D eigenvalue weighted by atomic mass is 32.2. The third kappa shape index (κ3) is 4.80. The molecule has 1 saturated heterocycles. The lowest BCUT2D eigenvalue weighted by molar-refractivity contribution is -0.113. The van der Waals surface area contributed by atoms with Gasteiger partial charge in [-0.25, -0.2) is 12.8 Å². The van der Waals surface area contributed by atoms with E-state index in [9.17, 15) is 17.6 Å². The minimum Gasteiger partial charge on any atom is -0.289 e. The van der Waals surface area contributed by atoms with Gasteiger partial charge in [-0.15, -0.1) is 0 Å². The standard InChI is InChI=1S/C25H18FN3O3S/c26-24-4-2-1-3-20(24)14-22-17-29(33(31,32)23-7-5-19(15-27)6-8-23)16-21(25(22)30)13-18-9-11-28-12-10-18/h1-14H,16-17H2/b21-13+,22-14+. The number of ketones is 1. The maximum atomic E-state index is 14.2. The van der Waals surface area contributed by atoms with Gasteiger partial charge in [-0.3, -0.25) is 9.78 Å². The fourth-order valence-electron chi connectivity index (χ4n) is 3.47. The van der Waals surface area contributed by atoms with Gasteiger partial charge in [0, 0.05) is 42.2 Å². The van der Waals surface area contributed by atoms with Gasteiger partial charge in [0.25, 0.3) is 0 Å². The van der Waals surface area contributed by atoms with Crippen LogP contribution in [0.2, 0.25) is 0 Å². The number of carbonyl (C=O) groups excluding carboxylic acids is 1. The van der Waals surface area contributed by atoms with Gasteiger partial charge < -0.3 is 0 Å². The molecule has 164 valence electrons. The van der Waals surface area contributed by atoms with Crippen LogP contribution in [0.4, 0.5) is 4.39 Å². The molecule has 1 aliphatic rings. The molecule has 1 fully saturated rings. The van der Waals surface area contributed by atoms with E-state index in [1.54, 1.807) is 36.7 Å². The molecule has 3 aromatic rings. The number of hydrogen-bond donors (Lipinski definition) is 0. The maximum absolute atomic E-state index is 14.2. The van der Waals surface area contributed by atoms with E-state index in [1.807, 2.05) is 6.07 Å². The van der Waals surface area contributed by atoms with E-state index in [1.165, 1.54) is 52.8 Å². The Kier molecular flexibility index (Phi) is 6.27. The minimum absolute atomic E-state index is 0.00403. The number of halogens is 1. The van der Waals surface area contributed by atoms with Crippen LogP contribution in [0.15, 0.2) is 89.1 Å². The first-order valence-electron chi connectivity index (χ1n) is 9.99. The van der Waals surface area contributed by atoms with Crippen molar-refractivity contribution < 1.29 is 17.6 Å². The number of carbonyl (C=O) groups is 1. The first-order valence-corrected chi connectivity index (χ1v) is 11.4. The zero-order valence-electron chi connectivity index (χ0n) is 17.3. The van der Waals surface area contributed by atoms with Gasteiger partial charge in [0.05, 0.1) is 16.5 Å². The smallest absolute Gasteiger partial charge is 0.243 e. The van der Waals surface area contributed by atoms with Crippen molar-refractivity contribution in [2.24, 2.45) is 0 Å². The zero-order valence-corrected chi connectivity index (χ0v) is 18.2. The quantitative estimate of drug-likeness (QED) is 0.553. The molecule has 2 aromatic carbocycles. The molecular weight excluding hydrogens is 441 g/mol. The summed E-state index contributed by atoms with van der Waals surface area (Å²) < 4.78 is 42.1. The lowest BCUT2D eigenvalue weighted by Crippen LogP contribution is -2.41. The number of benzene rings is 2. The number of nitriles is 1. The number of sulfonamides is 1. The molecule has 0 aliphatic carbocycles. The van der Waals surface area contributed by atoms with Crippen LogP contribution >= 0.6 is 0 Å². The van der Waals surface area contributed by atoms with Crippen molar-refractivity contribution in [1.29, 1.82) is 5.26 Å². The Morgan fingerprint density at radius 3 is 2.21 bits per heavy atom. The molecule has 1 aromatic heterocycles. The van der Waals surface area contributed by atoms with E-state index in [0.29, 0.717) is 11.1 Å². The predicted octanol–water partition coefficient (Wildman–Crippen LogP) is 3.83. The average Bonchev–Trinajstić information content (AvgIpc) is 2.83. The van der Waals surface area contributed by atoms with Gasteiger partial charge in [0.1, 0.15) is 5.82 Å². The number of Topliss-reactive ketones (excluding diaryl/α,β-unsaturated/α-hetero) is 1. The van der Waals surface area contributed by atoms with Gasteiger partial charge in [-0.1, -0.05) is 18.2 Å². The number of hydrogen-bond acceptors (Lipinski definition) is 5. The van der Waals surface area contributed by atoms with Crippen molar-refractivity contribution >= 4 is 28.0 Å². The molecular formula is C25H18FN3O3S. The summed E-state index contributed by atoms with van der Waals surface area (Å²) in [7, 11) is -3.99. The van der Waals surface area contributed by atoms with Crippen LogP contribution in [-0.4, -0.2) is 36.6 Å². The highest BCUT2D eigenvalue weighted by Crippen LogP contribution is 2.27. The Hall–Kier alpha value is -3.93. The summed E-state index contributed by atoms with van der Waals surface area (Å²) in [5.41, 5.74) is 1.63. The molecule has 6 nitrogen and oxygen atoms in total. The molecule has 33 heavy (non-hydrogen) atoms.